The van der Waals surface area contributed by atoms with Crippen molar-refractivity contribution in [1.29, 1.82) is 0 Å². The van der Waals surface area contributed by atoms with Crippen molar-refractivity contribution in [2.24, 2.45) is 0 Å². The summed E-state index contributed by atoms with van der Waals surface area (Å²) in [5, 5.41) is 0. The van der Waals surface area contributed by atoms with E-state index in [4.69, 9.17) is 0 Å². The Kier molecular flexibility index (Phi) is 5.41. The molecule has 1 heterocycles. The third kappa shape index (κ3) is 3.70. The van der Waals surface area contributed by atoms with Gasteiger partial charge in [0.1, 0.15) is 0 Å². The van der Waals surface area contributed by atoms with Crippen molar-refractivity contribution >= 4 is 0 Å². The van der Waals surface area contributed by atoms with Gasteiger partial charge < -0.3 is 0 Å². The highest BCUT2D eigenvalue weighted by molar-refractivity contribution is 5.62. The first-order chi connectivity index (χ1) is 8.27. The van der Waals surface area contributed by atoms with Crippen molar-refractivity contribution in [3.05, 3.63) is 54.4 Å². The Morgan fingerprint density at radius 3 is 1.71 bits per heavy atom. The SMILES string of the molecule is CC.CC(C)c1ccc(-c2ccncc2)cc1. The maximum Gasteiger partial charge on any atom is 0.0273 e. The van der Waals surface area contributed by atoms with Crippen LogP contribution < -0.4 is 0 Å². The minimum atomic E-state index is 0.594. The zero-order valence-electron chi connectivity index (χ0n) is 11.1. The third-order valence-electron chi connectivity index (χ3n) is 2.59. The first-order valence-electron chi connectivity index (χ1n) is 6.28. The van der Waals surface area contributed by atoms with Gasteiger partial charge in [0, 0.05) is 12.4 Å². The highest BCUT2D eigenvalue weighted by atomic mass is 14.6. The van der Waals surface area contributed by atoms with E-state index < -0.39 is 0 Å². The van der Waals surface area contributed by atoms with Crippen molar-refractivity contribution < 1.29 is 0 Å². The zero-order valence-corrected chi connectivity index (χ0v) is 11.1. The van der Waals surface area contributed by atoms with Gasteiger partial charge in [-0.2, -0.15) is 0 Å². The molecule has 1 heteroatoms. The summed E-state index contributed by atoms with van der Waals surface area (Å²) in [5.41, 5.74) is 3.86. The Labute approximate surface area is 105 Å². The summed E-state index contributed by atoms with van der Waals surface area (Å²) in [6.45, 7) is 8.42. The molecule has 0 unspecified atom stereocenters. The number of aromatic nitrogens is 1. The van der Waals surface area contributed by atoms with Crippen molar-refractivity contribution in [3.8, 4) is 11.1 Å². The summed E-state index contributed by atoms with van der Waals surface area (Å²) in [5.74, 6) is 0.594. The fourth-order valence-electron chi connectivity index (χ4n) is 1.60. The Morgan fingerprint density at radius 1 is 0.765 bits per heavy atom. The minimum absolute atomic E-state index is 0.594. The monoisotopic (exact) mass is 227 g/mol. The zero-order chi connectivity index (χ0) is 12.7. The third-order valence-corrected chi connectivity index (χ3v) is 2.59. The molecule has 2 rings (SSSR count). The number of hydrogen-bond donors (Lipinski definition) is 0. The minimum Gasteiger partial charge on any atom is -0.265 e. The quantitative estimate of drug-likeness (QED) is 0.711. The summed E-state index contributed by atoms with van der Waals surface area (Å²) in [6, 6.07) is 12.8. The van der Waals surface area contributed by atoms with Crippen LogP contribution in [0.4, 0.5) is 0 Å². The van der Waals surface area contributed by atoms with E-state index >= 15 is 0 Å². The standard InChI is InChI=1S/C14H15N.C2H6/c1-11(2)12-3-5-13(6-4-12)14-7-9-15-10-8-14;1-2/h3-11H,1-2H3;1-2H3. The molecule has 0 atom stereocenters. The molecule has 0 aliphatic carbocycles. The van der Waals surface area contributed by atoms with Crippen LogP contribution in [0.25, 0.3) is 11.1 Å². The molecule has 0 saturated carbocycles. The topological polar surface area (TPSA) is 12.9 Å². The van der Waals surface area contributed by atoms with Gasteiger partial charge in [0.25, 0.3) is 0 Å². The molecular weight excluding hydrogens is 206 g/mol. The molecule has 0 bridgehead atoms. The number of pyridine rings is 1. The molecule has 1 nitrogen and oxygen atoms in total. The molecule has 0 N–H and O–H groups in total. The Bertz CT molecular complexity index is 415. The second-order valence-corrected chi connectivity index (χ2v) is 4.01. The van der Waals surface area contributed by atoms with E-state index in [1.807, 2.05) is 38.4 Å². The number of hydrogen-bond acceptors (Lipinski definition) is 1. The first-order valence-corrected chi connectivity index (χ1v) is 6.28. The van der Waals surface area contributed by atoms with Gasteiger partial charge in [-0.1, -0.05) is 52.0 Å². The average molecular weight is 227 g/mol. The van der Waals surface area contributed by atoms with Gasteiger partial charge in [-0.25, -0.2) is 0 Å². The first kappa shape index (κ1) is 13.4. The molecule has 0 aliphatic heterocycles. The second kappa shape index (κ2) is 6.85. The lowest BCUT2D eigenvalue weighted by Crippen LogP contribution is -1.86. The highest BCUT2D eigenvalue weighted by Gasteiger charge is 2.00. The van der Waals surface area contributed by atoms with Crippen LogP contribution in [0.5, 0.6) is 0 Å². The molecule has 1 aromatic heterocycles. The van der Waals surface area contributed by atoms with Crippen molar-refractivity contribution in [3.63, 3.8) is 0 Å². The molecule has 0 spiro atoms. The Balaban J connectivity index is 0.000000686. The lowest BCUT2D eigenvalue weighted by molar-refractivity contribution is 0.867. The van der Waals surface area contributed by atoms with E-state index in [2.05, 4.69) is 43.1 Å². The van der Waals surface area contributed by atoms with E-state index in [9.17, 15) is 0 Å². The van der Waals surface area contributed by atoms with Gasteiger partial charge in [0.15, 0.2) is 0 Å². The fourth-order valence-corrected chi connectivity index (χ4v) is 1.60. The fraction of sp³-hybridized carbons (Fsp3) is 0.312. The normalized spacial score (nSPS) is 9.71. The second-order valence-electron chi connectivity index (χ2n) is 4.01. The van der Waals surface area contributed by atoms with Crippen LogP contribution in [0.3, 0.4) is 0 Å². The van der Waals surface area contributed by atoms with E-state index in [0.29, 0.717) is 5.92 Å². The molecule has 2 aromatic rings. The number of rotatable bonds is 2. The van der Waals surface area contributed by atoms with Gasteiger partial charge in [-0.15, -0.1) is 0 Å². The highest BCUT2D eigenvalue weighted by Crippen LogP contribution is 2.21. The van der Waals surface area contributed by atoms with E-state index in [0.717, 1.165) is 0 Å². The maximum absolute atomic E-state index is 4.02. The molecule has 90 valence electrons. The summed E-state index contributed by atoms with van der Waals surface area (Å²) in [7, 11) is 0. The van der Waals surface area contributed by atoms with E-state index in [-0.39, 0.29) is 0 Å². The van der Waals surface area contributed by atoms with Gasteiger partial charge in [0.05, 0.1) is 0 Å². The summed E-state index contributed by atoms with van der Waals surface area (Å²) in [6.07, 6.45) is 3.65. The molecular formula is C16H21N. The molecule has 0 saturated heterocycles. The lowest BCUT2D eigenvalue weighted by atomic mass is 9.99. The molecule has 1 aromatic carbocycles. The summed E-state index contributed by atoms with van der Waals surface area (Å²) < 4.78 is 0. The average Bonchev–Trinajstić information content (AvgIpc) is 2.42. The molecule has 0 radical (unpaired) electrons. The molecule has 0 fully saturated rings. The van der Waals surface area contributed by atoms with Crippen LogP contribution in [0.2, 0.25) is 0 Å². The molecule has 0 aliphatic rings. The van der Waals surface area contributed by atoms with Gasteiger partial charge >= 0.3 is 0 Å². The van der Waals surface area contributed by atoms with Crippen molar-refractivity contribution in [2.45, 2.75) is 33.6 Å². The number of benzene rings is 1. The number of nitrogens with zero attached hydrogens (tertiary/aromatic N) is 1. The summed E-state index contributed by atoms with van der Waals surface area (Å²) in [4.78, 5) is 4.02. The summed E-state index contributed by atoms with van der Waals surface area (Å²) >= 11 is 0. The lowest BCUT2D eigenvalue weighted by Gasteiger charge is -2.06. The Morgan fingerprint density at radius 2 is 1.24 bits per heavy atom. The van der Waals surface area contributed by atoms with E-state index in [1.54, 1.807) is 0 Å². The van der Waals surface area contributed by atoms with E-state index in [1.165, 1.54) is 16.7 Å². The van der Waals surface area contributed by atoms with Crippen LogP contribution in [0.15, 0.2) is 48.8 Å². The Hall–Kier alpha value is -1.63. The van der Waals surface area contributed by atoms with Crippen molar-refractivity contribution in [2.75, 3.05) is 0 Å². The van der Waals surface area contributed by atoms with Crippen LogP contribution >= 0.6 is 0 Å². The predicted molar refractivity (Wildman–Crippen MR) is 75.1 cm³/mol. The molecule has 0 amide bonds. The van der Waals surface area contributed by atoms with Crippen LogP contribution in [0, 0.1) is 0 Å². The van der Waals surface area contributed by atoms with Crippen LogP contribution in [-0.2, 0) is 0 Å². The largest absolute Gasteiger partial charge is 0.265 e. The van der Waals surface area contributed by atoms with Gasteiger partial charge in [0.2, 0.25) is 0 Å². The van der Waals surface area contributed by atoms with Crippen LogP contribution in [-0.4, -0.2) is 4.98 Å². The predicted octanol–water partition coefficient (Wildman–Crippen LogP) is 4.90. The van der Waals surface area contributed by atoms with Gasteiger partial charge in [-0.3, -0.25) is 4.98 Å². The molecule has 17 heavy (non-hydrogen) atoms. The van der Waals surface area contributed by atoms with Crippen LogP contribution in [0.1, 0.15) is 39.2 Å². The smallest absolute Gasteiger partial charge is 0.0273 e. The van der Waals surface area contributed by atoms with Crippen molar-refractivity contribution in [1.82, 2.24) is 4.98 Å². The van der Waals surface area contributed by atoms with Gasteiger partial charge in [-0.05, 0) is 34.7 Å². The maximum atomic E-state index is 4.02.